The van der Waals surface area contributed by atoms with Crippen LogP contribution in [0.5, 0.6) is 0 Å². The molecule has 6 heteroatoms. The van der Waals surface area contributed by atoms with E-state index in [2.05, 4.69) is 42.3 Å². The van der Waals surface area contributed by atoms with E-state index in [1.165, 1.54) is 19.3 Å². The van der Waals surface area contributed by atoms with Crippen molar-refractivity contribution >= 4 is 28.6 Å². The van der Waals surface area contributed by atoms with Gasteiger partial charge in [0.1, 0.15) is 0 Å². The van der Waals surface area contributed by atoms with Crippen LogP contribution in [0, 0.1) is 17.2 Å². The standard InChI is InChI=1S/C16H23IN4O/c17-21-7-6-20(14(11-21)3-4-18)12-15(22)2-1-5-19-16-8-13(9-16)10-16/h1-2,13-14,19H,3,5-12H2/b2-1+/t13?,14-,16?/m0/s1. The Morgan fingerprint density at radius 1 is 1.41 bits per heavy atom. The fraction of sp³-hybridized carbons (Fsp3) is 0.750. The fourth-order valence-corrected chi connectivity index (χ4v) is 4.45. The van der Waals surface area contributed by atoms with Crippen LogP contribution in [0.3, 0.4) is 0 Å². The van der Waals surface area contributed by atoms with Gasteiger partial charge in [-0.25, -0.2) is 3.11 Å². The second kappa shape index (κ2) is 6.95. The highest BCUT2D eigenvalue weighted by molar-refractivity contribution is 14.1. The van der Waals surface area contributed by atoms with Gasteiger partial charge in [0.25, 0.3) is 0 Å². The molecule has 0 spiro atoms. The fourth-order valence-electron chi connectivity index (χ4n) is 3.78. The molecule has 120 valence electrons. The van der Waals surface area contributed by atoms with Crippen molar-refractivity contribution in [3.8, 4) is 6.07 Å². The Morgan fingerprint density at radius 2 is 2.18 bits per heavy atom. The summed E-state index contributed by atoms with van der Waals surface area (Å²) >= 11 is 2.29. The quantitative estimate of drug-likeness (QED) is 0.389. The summed E-state index contributed by atoms with van der Waals surface area (Å²) in [6.45, 7) is 3.89. The maximum atomic E-state index is 12.1. The predicted molar refractivity (Wildman–Crippen MR) is 93.4 cm³/mol. The number of halogens is 1. The van der Waals surface area contributed by atoms with Gasteiger partial charge >= 0.3 is 0 Å². The zero-order chi connectivity index (χ0) is 15.6. The van der Waals surface area contributed by atoms with Crippen molar-refractivity contribution in [2.75, 3.05) is 32.7 Å². The van der Waals surface area contributed by atoms with E-state index in [4.69, 9.17) is 5.26 Å². The van der Waals surface area contributed by atoms with Crippen molar-refractivity contribution in [1.82, 2.24) is 13.3 Å². The van der Waals surface area contributed by atoms with Crippen LogP contribution in [-0.2, 0) is 4.79 Å². The van der Waals surface area contributed by atoms with Crippen LogP contribution in [0.1, 0.15) is 25.7 Å². The molecule has 1 heterocycles. The Bertz CT molecular complexity index is 484. The number of nitrogens with zero attached hydrogens (tertiary/aromatic N) is 3. The zero-order valence-corrected chi connectivity index (χ0v) is 15.0. The van der Waals surface area contributed by atoms with Crippen LogP contribution in [0.25, 0.3) is 0 Å². The molecule has 1 atom stereocenters. The first-order chi connectivity index (χ1) is 10.6. The number of hydrogen-bond donors (Lipinski definition) is 1. The number of carbonyl (C=O) groups excluding carboxylic acids is 1. The third-order valence-electron chi connectivity index (χ3n) is 5.18. The van der Waals surface area contributed by atoms with Crippen LogP contribution in [0.4, 0.5) is 0 Å². The molecule has 1 saturated heterocycles. The lowest BCUT2D eigenvalue weighted by Gasteiger charge is -2.62. The number of carbonyl (C=O) groups is 1. The van der Waals surface area contributed by atoms with E-state index in [9.17, 15) is 4.79 Å². The lowest BCUT2D eigenvalue weighted by atomic mass is 9.50. The van der Waals surface area contributed by atoms with E-state index in [0.29, 0.717) is 18.5 Å². The van der Waals surface area contributed by atoms with Gasteiger partial charge in [0, 0.05) is 60.6 Å². The summed E-state index contributed by atoms with van der Waals surface area (Å²) in [5, 5.41) is 12.5. The van der Waals surface area contributed by atoms with Crippen LogP contribution in [-0.4, -0.2) is 58.1 Å². The summed E-state index contributed by atoms with van der Waals surface area (Å²) < 4.78 is 2.20. The minimum atomic E-state index is 0.143. The third-order valence-corrected chi connectivity index (χ3v) is 6.05. The van der Waals surface area contributed by atoms with E-state index >= 15 is 0 Å². The number of ketones is 1. The van der Waals surface area contributed by atoms with Crippen molar-refractivity contribution in [2.45, 2.75) is 37.3 Å². The molecule has 2 bridgehead atoms. The molecule has 22 heavy (non-hydrogen) atoms. The van der Waals surface area contributed by atoms with Gasteiger partial charge in [-0.3, -0.25) is 9.69 Å². The lowest BCUT2D eigenvalue weighted by Crippen LogP contribution is -2.66. The predicted octanol–water partition coefficient (Wildman–Crippen LogP) is 1.50. The third kappa shape index (κ3) is 3.70. The van der Waals surface area contributed by atoms with Gasteiger partial charge in [0.05, 0.1) is 19.0 Å². The Morgan fingerprint density at radius 3 is 2.82 bits per heavy atom. The van der Waals surface area contributed by atoms with E-state index in [1.54, 1.807) is 6.08 Å². The van der Waals surface area contributed by atoms with E-state index < -0.39 is 0 Å². The van der Waals surface area contributed by atoms with E-state index in [0.717, 1.165) is 32.1 Å². The Hall–Kier alpha value is -0.490. The van der Waals surface area contributed by atoms with E-state index in [-0.39, 0.29) is 11.8 Å². The topological polar surface area (TPSA) is 59.4 Å². The lowest BCUT2D eigenvalue weighted by molar-refractivity contribution is -0.116. The highest BCUT2D eigenvalue weighted by atomic mass is 127. The van der Waals surface area contributed by atoms with Gasteiger partial charge in [-0.05, 0) is 31.3 Å². The monoisotopic (exact) mass is 414 g/mol. The summed E-state index contributed by atoms with van der Waals surface area (Å²) in [5.41, 5.74) is 0.423. The summed E-state index contributed by atoms with van der Waals surface area (Å²) in [5.74, 6) is 1.12. The highest BCUT2D eigenvalue weighted by Gasteiger charge is 2.55. The molecular formula is C16H23IN4O. The van der Waals surface area contributed by atoms with Gasteiger partial charge in [0.2, 0.25) is 0 Å². The number of piperazine rings is 1. The van der Waals surface area contributed by atoms with Gasteiger partial charge in [0.15, 0.2) is 5.78 Å². The summed E-state index contributed by atoms with van der Waals surface area (Å²) in [7, 11) is 0. The number of rotatable bonds is 7. The van der Waals surface area contributed by atoms with Gasteiger partial charge < -0.3 is 5.32 Å². The van der Waals surface area contributed by atoms with E-state index in [1.807, 2.05) is 6.08 Å². The van der Waals surface area contributed by atoms with Crippen molar-refractivity contribution < 1.29 is 4.79 Å². The molecule has 0 aromatic rings. The molecule has 4 fully saturated rings. The molecule has 5 nitrogen and oxygen atoms in total. The molecule has 3 aliphatic carbocycles. The Kier molecular flexibility index (Phi) is 5.17. The second-order valence-corrected chi connectivity index (χ2v) is 8.23. The van der Waals surface area contributed by atoms with Crippen molar-refractivity contribution in [2.24, 2.45) is 5.92 Å². The first kappa shape index (κ1) is 16.4. The Balaban J connectivity index is 1.40. The molecule has 1 N–H and O–H groups in total. The second-order valence-electron chi connectivity index (χ2n) is 6.86. The highest BCUT2D eigenvalue weighted by Crippen LogP contribution is 2.56. The smallest absolute Gasteiger partial charge is 0.169 e. The van der Waals surface area contributed by atoms with Crippen LogP contribution >= 0.6 is 22.9 Å². The number of nitriles is 1. The number of hydrogen-bond acceptors (Lipinski definition) is 5. The molecule has 0 aromatic heterocycles. The summed E-state index contributed by atoms with van der Waals surface area (Å²) in [6, 6.07) is 2.41. The van der Waals surface area contributed by atoms with Crippen LogP contribution in [0.2, 0.25) is 0 Å². The molecule has 3 saturated carbocycles. The molecule has 0 radical (unpaired) electrons. The summed E-state index contributed by atoms with van der Waals surface area (Å²) in [4.78, 5) is 14.3. The zero-order valence-electron chi connectivity index (χ0n) is 12.8. The largest absolute Gasteiger partial charge is 0.308 e. The van der Waals surface area contributed by atoms with Gasteiger partial charge in [-0.15, -0.1) is 0 Å². The molecule has 1 aliphatic heterocycles. The maximum absolute atomic E-state index is 12.1. The van der Waals surface area contributed by atoms with Crippen LogP contribution in [0.15, 0.2) is 12.2 Å². The Labute approximate surface area is 146 Å². The molecule has 4 aliphatic rings. The first-order valence-electron chi connectivity index (χ1n) is 8.06. The first-order valence-corrected chi connectivity index (χ1v) is 9.03. The maximum Gasteiger partial charge on any atom is 0.169 e. The molecule has 4 rings (SSSR count). The summed E-state index contributed by atoms with van der Waals surface area (Å²) in [6.07, 6.45) is 8.12. The van der Waals surface area contributed by atoms with Gasteiger partial charge in [-0.1, -0.05) is 6.08 Å². The van der Waals surface area contributed by atoms with Crippen LogP contribution < -0.4 is 5.32 Å². The average molecular weight is 414 g/mol. The van der Waals surface area contributed by atoms with Crippen molar-refractivity contribution in [1.29, 1.82) is 5.26 Å². The SMILES string of the molecule is N#CC[C@H]1CN(I)CCN1CC(=O)/C=C/CNC12CC(C1)C2. The molecule has 0 aromatic carbocycles. The van der Waals surface area contributed by atoms with Gasteiger partial charge in [-0.2, -0.15) is 5.26 Å². The van der Waals surface area contributed by atoms with Crippen molar-refractivity contribution in [3.63, 3.8) is 0 Å². The molecule has 0 amide bonds. The molecular weight excluding hydrogens is 391 g/mol. The molecule has 0 unspecified atom stereocenters. The normalized spacial score (nSPS) is 34.9. The average Bonchev–Trinajstić information content (AvgIpc) is 2.38. The minimum absolute atomic E-state index is 0.143. The minimum Gasteiger partial charge on any atom is -0.308 e. The van der Waals surface area contributed by atoms with Crippen molar-refractivity contribution in [3.05, 3.63) is 12.2 Å². The number of nitrogens with one attached hydrogen (secondary N) is 1.